The van der Waals surface area contributed by atoms with E-state index in [-0.39, 0.29) is 0 Å². The molecule has 0 unspecified atom stereocenters. The highest BCUT2D eigenvalue weighted by atomic mass is 15.4. The number of hydrogen-bond acceptors (Lipinski definition) is 3. The van der Waals surface area contributed by atoms with Crippen molar-refractivity contribution in [1.82, 2.24) is 20.3 Å². The molecule has 0 radical (unpaired) electrons. The quantitative estimate of drug-likeness (QED) is 0.406. The van der Waals surface area contributed by atoms with Crippen LogP contribution >= 0.6 is 0 Å². The first-order valence-corrected chi connectivity index (χ1v) is 5.09. The number of nitrogens with one attached hydrogen (secondary N) is 1. The molecule has 0 spiro atoms. The fourth-order valence-electron chi connectivity index (χ4n) is 1.13. The van der Waals surface area contributed by atoms with Crippen LogP contribution in [0.5, 0.6) is 0 Å². The number of aromatic nitrogens is 3. The third-order valence-electron chi connectivity index (χ3n) is 1.74. The van der Waals surface area contributed by atoms with Gasteiger partial charge in [-0.3, -0.25) is 9.67 Å². The molecule has 1 aromatic rings. The van der Waals surface area contributed by atoms with E-state index in [0.29, 0.717) is 18.5 Å². The van der Waals surface area contributed by atoms with Crippen molar-refractivity contribution in [3.8, 4) is 0 Å². The lowest BCUT2D eigenvalue weighted by Crippen LogP contribution is -2.36. The molecule has 6 heteroatoms. The maximum absolute atomic E-state index is 5.64. The molecular formula is C9H18N6. The number of aliphatic imine (C=N–C) groups is 1. The molecule has 0 aromatic carbocycles. The van der Waals surface area contributed by atoms with E-state index < -0.39 is 0 Å². The lowest BCUT2D eigenvalue weighted by atomic mass is 10.4. The van der Waals surface area contributed by atoms with E-state index in [1.54, 1.807) is 10.9 Å². The van der Waals surface area contributed by atoms with Crippen molar-refractivity contribution in [2.45, 2.75) is 32.9 Å². The van der Waals surface area contributed by atoms with Gasteiger partial charge in [0.05, 0.1) is 6.20 Å². The van der Waals surface area contributed by atoms with Gasteiger partial charge in [0.1, 0.15) is 0 Å². The van der Waals surface area contributed by atoms with E-state index in [9.17, 15) is 0 Å². The summed E-state index contributed by atoms with van der Waals surface area (Å²) >= 11 is 0. The van der Waals surface area contributed by atoms with Gasteiger partial charge in [0.2, 0.25) is 0 Å². The minimum Gasteiger partial charge on any atom is -0.370 e. The Morgan fingerprint density at radius 2 is 2.40 bits per heavy atom. The SMILES string of the molecule is CC(C)NC(N)=NCCCn1ccnn1. The molecule has 0 aliphatic heterocycles. The van der Waals surface area contributed by atoms with Gasteiger partial charge in [-0.05, 0) is 20.3 Å². The Balaban J connectivity index is 2.15. The molecule has 0 bridgehead atoms. The second-order valence-corrected chi connectivity index (χ2v) is 3.59. The van der Waals surface area contributed by atoms with Gasteiger partial charge < -0.3 is 11.1 Å². The lowest BCUT2D eigenvalue weighted by molar-refractivity contribution is 0.563. The average molecular weight is 210 g/mol. The number of aryl methyl sites for hydroxylation is 1. The van der Waals surface area contributed by atoms with Gasteiger partial charge in [-0.25, -0.2) is 0 Å². The van der Waals surface area contributed by atoms with Crippen LogP contribution < -0.4 is 11.1 Å². The van der Waals surface area contributed by atoms with Gasteiger partial charge in [0.15, 0.2) is 5.96 Å². The Morgan fingerprint density at radius 1 is 1.60 bits per heavy atom. The van der Waals surface area contributed by atoms with Crippen LogP contribution in [0.4, 0.5) is 0 Å². The highest BCUT2D eigenvalue weighted by Crippen LogP contribution is 1.88. The number of nitrogens with two attached hydrogens (primary N) is 1. The number of nitrogens with zero attached hydrogens (tertiary/aromatic N) is 4. The summed E-state index contributed by atoms with van der Waals surface area (Å²) in [6.45, 7) is 5.57. The van der Waals surface area contributed by atoms with Crippen LogP contribution in [0.15, 0.2) is 17.4 Å². The predicted molar refractivity (Wildman–Crippen MR) is 59.4 cm³/mol. The largest absolute Gasteiger partial charge is 0.370 e. The highest BCUT2D eigenvalue weighted by Gasteiger charge is 1.94. The predicted octanol–water partition coefficient (Wildman–Crippen LogP) is -0.0191. The maximum atomic E-state index is 5.64. The first kappa shape index (κ1) is 11.5. The second kappa shape index (κ2) is 6.00. The molecule has 1 heterocycles. The van der Waals surface area contributed by atoms with Gasteiger partial charge in [-0.1, -0.05) is 5.21 Å². The second-order valence-electron chi connectivity index (χ2n) is 3.59. The molecule has 15 heavy (non-hydrogen) atoms. The average Bonchev–Trinajstić information content (AvgIpc) is 2.63. The van der Waals surface area contributed by atoms with Gasteiger partial charge >= 0.3 is 0 Å². The molecule has 0 saturated heterocycles. The fourth-order valence-corrected chi connectivity index (χ4v) is 1.13. The molecule has 0 amide bonds. The summed E-state index contributed by atoms with van der Waals surface area (Å²) in [5.74, 6) is 0.503. The van der Waals surface area contributed by atoms with E-state index >= 15 is 0 Å². The first-order valence-electron chi connectivity index (χ1n) is 5.09. The van der Waals surface area contributed by atoms with Crippen LogP contribution in [-0.2, 0) is 6.54 Å². The Labute approximate surface area is 89.6 Å². The summed E-state index contributed by atoms with van der Waals surface area (Å²) < 4.78 is 1.78. The minimum atomic E-state index is 0.323. The van der Waals surface area contributed by atoms with E-state index in [2.05, 4.69) is 20.6 Å². The van der Waals surface area contributed by atoms with Gasteiger partial charge in [-0.2, -0.15) is 0 Å². The molecule has 1 aromatic heterocycles. The zero-order valence-electron chi connectivity index (χ0n) is 9.22. The molecule has 0 atom stereocenters. The van der Waals surface area contributed by atoms with Crippen LogP contribution in [0.1, 0.15) is 20.3 Å². The summed E-state index contributed by atoms with van der Waals surface area (Å²) in [6, 6.07) is 0.323. The van der Waals surface area contributed by atoms with Crippen LogP contribution in [0, 0.1) is 0 Å². The zero-order chi connectivity index (χ0) is 11.1. The Bertz CT molecular complexity index is 290. The molecule has 6 nitrogen and oxygen atoms in total. The molecule has 0 aliphatic carbocycles. The van der Waals surface area contributed by atoms with Crippen molar-refractivity contribution >= 4 is 5.96 Å². The molecule has 1 rings (SSSR count). The van der Waals surface area contributed by atoms with E-state index in [1.807, 2.05) is 20.0 Å². The van der Waals surface area contributed by atoms with E-state index in [4.69, 9.17) is 5.73 Å². The number of rotatable bonds is 5. The monoisotopic (exact) mass is 210 g/mol. The van der Waals surface area contributed by atoms with Gasteiger partial charge in [-0.15, -0.1) is 5.10 Å². The smallest absolute Gasteiger partial charge is 0.188 e. The fraction of sp³-hybridized carbons (Fsp3) is 0.667. The summed E-state index contributed by atoms with van der Waals surface area (Å²) in [5.41, 5.74) is 5.64. The van der Waals surface area contributed by atoms with Crippen LogP contribution in [0.25, 0.3) is 0 Å². The normalized spacial score (nSPS) is 12.1. The van der Waals surface area contributed by atoms with Crippen LogP contribution in [0.2, 0.25) is 0 Å². The Kier molecular flexibility index (Phi) is 4.59. The summed E-state index contributed by atoms with van der Waals surface area (Å²) in [5, 5.41) is 10.6. The van der Waals surface area contributed by atoms with Crippen molar-refractivity contribution in [2.75, 3.05) is 6.54 Å². The molecule has 84 valence electrons. The van der Waals surface area contributed by atoms with Crippen molar-refractivity contribution < 1.29 is 0 Å². The van der Waals surface area contributed by atoms with E-state index in [1.165, 1.54) is 0 Å². The first-order chi connectivity index (χ1) is 7.18. The number of hydrogen-bond donors (Lipinski definition) is 2. The van der Waals surface area contributed by atoms with Crippen molar-refractivity contribution in [3.63, 3.8) is 0 Å². The number of guanidine groups is 1. The van der Waals surface area contributed by atoms with Gasteiger partial charge in [0, 0.05) is 25.3 Å². The van der Waals surface area contributed by atoms with Crippen molar-refractivity contribution in [1.29, 1.82) is 0 Å². The molecule has 3 N–H and O–H groups in total. The summed E-state index contributed by atoms with van der Waals surface area (Å²) in [4.78, 5) is 4.19. The Hall–Kier alpha value is -1.59. The molecule has 0 saturated carbocycles. The molecular weight excluding hydrogens is 192 g/mol. The summed E-state index contributed by atoms with van der Waals surface area (Å²) in [7, 11) is 0. The Morgan fingerprint density at radius 3 is 3.00 bits per heavy atom. The highest BCUT2D eigenvalue weighted by molar-refractivity contribution is 5.77. The van der Waals surface area contributed by atoms with Crippen molar-refractivity contribution in [3.05, 3.63) is 12.4 Å². The third-order valence-corrected chi connectivity index (χ3v) is 1.74. The third kappa shape index (κ3) is 4.99. The lowest BCUT2D eigenvalue weighted by Gasteiger charge is -2.08. The topological polar surface area (TPSA) is 81.1 Å². The standard InChI is InChI=1S/C9H18N6/c1-8(2)13-9(10)11-4-3-6-15-7-5-12-14-15/h5,7-8H,3-4,6H2,1-2H3,(H3,10,11,13). The minimum absolute atomic E-state index is 0.323. The molecule has 0 aliphatic rings. The summed E-state index contributed by atoms with van der Waals surface area (Å²) in [6.07, 6.45) is 4.40. The van der Waals surface area contributed by atoms with E-state index in [0.717, 1.165) is 13.0 Å². The zero-order valence-corrected chi connectivity index (χ0v) is 9.22. The van der Waals surface area contributed by atoms with Gasteiger partial charge in [0.25, 0.3) is 0 Å². The van der Waals surface area contributed by atoms with Crippen LogP contribution in [0.3, 0.4) is 0 Å². The van der Waals surface area contributed by atoms with Crippen molar-refractivity contribution in [2.24, 2.45) is 10.7 Å². The van der Waals surface area contributed by atoms with Crippen LogP contribution in [-0.4, -0.2) is 33.5 Å². The molecule has 0 fully saturated rings. The maximum Gasteiger partial charge on any atom is 0.188 e.